The van der Waals surface area contributed by atoms with E-state index in [1.54, 1.807) is 0 Å². The van der Waals surface area contributed by atoms with E-state index in [9.17, 15) is 9.59 Å². The Bertz CT molecular complexity index is 212. The van der Waals surface area contributed by atoms with E-state index in [-0.39, 0.29) is 24.5 Å². The Balaban J connectivity index is 3.41. The first kappa shape index (κ1) is 11.6. The first-order valence-electron chi connectivity index (χ1n) is 3.76. The SMILES string of the molecule is C=C(CNCCC(=O)OC)C(=O)O. The summed E-state index contributed by atoms with van der Waals surface area (Å²) >= 11 is 0. The minimum Gasteiger partial charge on any atom is -0.478 e. The van der Waals surface area contributed by atoms with Gasteiger partial charge in [0.2, 0.25) is 0 Å². The smallest absolute Gasteiger partial charge is 0.332 e. The molecule has 0 radical (unpaired) electrons. The van der Waals surface area contributed by atoms with Crippen LogP contribution in [0.5, 0.6) is 0 Å². The molecule has 74 valence electrons. The molecule has 0 unspecified atom stereocenters. The van der Waals surface area contributed by atoms with Crippen LogP contribution in [-0.2, 0) is 14.3 Å². The molecule has 2 N–H and O–H groups in total. The quantitative estimate of drug-likeness (QED) is 0.341. The van der Waals surface area contributed by atoms with Crippen LogP contribution in [0.1, 0.15) is 6.42 Å². The van der Waals surface area contributed by atoms with Gasteiger partial charge in [-0.1, -0.05) is 6.58 Å². The number of carbonyl (C=O) groups excluding carboxylic acids is 1. The first-order valence-corrected chi connectivity index (χ1v) is 3.76. The third-order valence-electron chi connectivity index (χ3n) is 1.37. The topological polar surface area (TPSA) is 75.6 Å². The minimum atomic E-state index is -1.04. The number of carboxylic acids is 1. The van der Waals surface area contributed by atoms with Crippen LogP contribution < -0.4 is 5.32 Å². The van der Waals surface area contributed by atoms with Crippen LogP contribution in [0.4, 0.5) is 0 Å². The van der Waals surface area contributed by atoms with Crippen molar-refractivity contribution in [3.63, 3.8) is 0 Å². The number of methoxy groups -OCH3 is 1. The van der Waals surface area contributed by atoms with Gasteiger partial charge in [-0.05, 0) is 0 Å². The molecule has 0 saturated heterocycles. The zero-order chi connectivity index (χ0) is 10.3. The lowest BCUT2D eigenvalue weighted by Crippen LogP contribution is -2.23. The number of carbonyl (C=O) groups is 2. The molecule has 0 saturated carbocycles. The van der Waals surface area contributed by atoms with Crippen molar-refractivity contribution < 1.29 is 19.4 Å². The van der Waals surface area contributed by atoms with Gasteiger partial charge in [-0.25, -0.2) is 4.79 Å². The summed E-state index contributed by atoms with van der Waals surface area (Å²) in [6.45, 7) is 3.87. The van der Waals surface area contributed by atoms with Crippen molar-refractivity contribution in [3.8, 4) is 0 Å². The van der Waals surface area contributed by atoms with E-state index < -0.39 is 5.97 Å². The molecule has 13 heavy (non-hydrogen) atoms. The highest BCUT2D eigenvalue weighted by atomic mass is 16.5. The molecule has 0 aromatic carbocycles. The maximum absolute atomic E-state index is 10.6. The summed E-state index contributed by atoms with van der Waals surface area (Å²) in [7, 11) is 1.30. The number of hydrogen-bond acceptors (Lipinski definition) is 4. The molecular formula is C8H13NO4. The summed E-state index contributed by atoms with van der Waals surface area (Å²) in [5, 5.41) is 11.2. The van der Waals surface area contributed by atoms with Gasteiger partial charge in [0, 0.05) is 18.7 Å². The predicted octanol–water partition coefficient (Wildman–Crippen LogP) is -0.220. The molecule has 0 aromatic heterocycles. The second-order valence-electron chi connectivity index (χ2n) is 2.41. The highest BCUT2D eigenvalue weighted by Gasteiger charge is 2.03. The molecule has 5 nitrogen and oxygen atoms in total. The van der Waals surface area contributed by atoms with E-state index in [1.165, 1.54) is 7.11 Å². The van der Waals surface area contributed by atoms with Crippen LogP contribution in [0.3, 0.4) is 0 Å². The molecule has 0 fully saturated rings. The van der Waals surface area contributed by atoms with Crippen LogP contribution in [0.25, 0.3) is 0 Å². The van der Waals surface area contributed by atoms with Crippen molar-refractivity contribution in [1.29, 1.82) is 0 Å². The van der Waals surface area contributed by atoms with Crippen molar-refractivity contribution in [2.24, 2.45) is 0 Å². The predicted molar refractivity (Wildman–Crippen MR) is 46.3 cm³/mol. The van der Waals surface area contributed by atoms with Crippen molar-refractivity contribution in [2.45, 2.75) is 6.42 Å². The fourth-order valence-corrected chi connectivity index (χ4v) is 0.607. The summed E-state index contributed by atoms with van der Waals surface area (Å²) in [5.74, 6) is -1.36. The van der Waals surface area contributed by atoms with Gasteiger partial charge in [-0.3, -0.25) is 4.79 Å². The Labute approximate surface area is 76.4 Å². The molecule has 0 atom stereocenters. The fourth-order valence-electron chi connectivity index (χ4n) is 0.607. The molecule has 0 heterocycles. The normalized spacial score (nSPS) is 9.31. The summed E-state index contributed by atoms with van der Waals surface area (Å²) in [6.07, 6.45) is 0.226. The van der Waals surface area contributed by atoms with Gasteiger partial charge in [0.05, 0.1) is 13.5 Å². The van der Waals surface area contributed by atoms with Gasteiger partial charge in [0.15, 0.2) is 0 Å². The van der Waals surface area contributed by atoms with E-state index in [0.717, 1.165) is 0 Å². The van der Waals surface area contributed by atoms with Gasteiger partial charge < -0.3 is 15.2 Å². The molecule has 0 rings (SSSR count). The van der Waals surface area contributed by atoms with Gasteiger partial charge in [0.25, 0.3) is 0 Å². The molecule has 0 aromatic rings. The van der Waals surface area contributed by atoms with E-state index in [1.807, 2.05) is 0 Å². The monoisotopic (exact) mass is 187 g/mol. The summed E-state index contributed by atoms with van der Waals surface area (Å²) < 4.78 is 4.39. The molecule has 0 aliphatic rings. The largest absolute Gasteiger partial charge is 0.478 e. The average molecular weight is 187 g/mol. The number of esters is 1. The van der Waals surface area contributed by atoms with Crippen molar-refractivity contribution >= 4 is 11.9 Å². The summed E-state index contributed by atoms with van der Waals surface area (Å²) in [4.78, 5) is 20.8. The highest BCUT2D eigenvalue weighted by molar-refractivity contribution is 5.86. The summed E-state index contributed by atoms with van der Waals surface area (Å²) in [5.41, 5.74) is 0.0739. The van der Waals surface area contributed by atoms with Crippen molar-refractivity contribution in [3.05, 3.63) is 12.2 Å². The lowest BCUT2D eigenvalue weighted by atomic mass is 10.3. The minimum absolute atomic E-state index is 0.0739. The van der Waals surface area contributed by atoms with Crippen molar-refractivity contribution in [1.82, 2.24) is 5.32 Å². The number of ether oxygens (including phenoxy) is 1. The molecule has 0 amide bonds. The average Bonchev–Trinajstić information content (AvgIpc) is 2.11. The van der Waals surface area contributed by atoms with E-state index in [4.69, 9.17) is 5.11 Å². The molecule has 0 aliphatic carbocycles. The lowest BCUT2D eigenvalue weighted by Gasteiger charge is -2.02. The Morgan fingerprint density at radius 1 is 1.54 bits per heavy atom. The number of aliphatic carboxylic acids is 1. The standard InChI is InChI=1S/C8H13NO4/c1-6(8(11)12)5-9-4-3-7(10)13-2/h9H,1,3-5H2,2H3,(H,11,12). The fraction of sp³-hybridized carbons (Fsp3) is 0.500. The Hall–Kier alpha value is -1.36. The maximum atomic E-state index is 10.6. The Morgan fingerprint density at radius 2 is 2.15 bits per heavy atom. The number of rotatable bonds is 6. The van der Waals surface area contributed by atoms with Gasteiger partial charge in [-0.15, -0.1) is 0 Å². The van der Waals surface area contributed by atoms with Crippen molar-refractivity contribution in [2.75, 3.05) is 20.2 Å². The van der Waals surface area contributed by atoms with Gasteiger partial charge >= 0.3 is 11.9 Å². The van der Waals surface area contributed by atoms with Crippen LogP contribution in [0.15, 0.2) is 12.2 Å². The maximum Gasteiger partial charge on any atom is 0.332 e. The van der Waals surface area contributed by atoms with E-state index >= 15 is 0 Å². The zero-order valence-corrected chi connectivity index (χ0v) is 7.50. The van der Waals surface area contributed by atoms with Crippen LogP contribution in [-0.4, -0.2) is 37.2 Å². The third-order valence-corrected chi connectivity index (χ3v) is 1.37. The summed E-state index contributed by atoms with van der Waals surface area (Å²) in [6, 6.07) is 0. The van der Waals surface area contributed by atoms with Crippen LogP contribution in [0, 0.1) is 0 Å². The number of hydrogen-bond donors (Lipinski definition) is 2. The van der Waals surface area contributed by atoms with E-state index in [0.29, 0.717) is 6.54 Å². The molecule has 0 aliphatic heterocycles. The Kier molecular flexibility index (Phi) is 5.54. The second-order valence-corrected chi connectivity index (χ2v) is 2.41. The first-order chi connectivity index (χ1) is 6.07. The van der Waals surface area contributed by atoms with Crippen LogP contribution in [0.2, 0.25) is 0 Å². The molecule has 0 spiro atoms. The van der Waals surface area contributed by atoms with Crippen LogP contribution >= 0.6 is 0 Å². The lowest BCUT2D eigenvalue weighted by molar-refractivity contribution is -0.140. The molecule has 5 heteroatoms. The third kappa shape index (κ3) is 5.86. The van der Waals surface area contributed by atoms with E-state index in [2.05, 4.69) is 16.6 Å². The second kappa shape index (κ2) is 6.19. The van der Waals surface area contributed by atoms with Gasteiger partial charge in [-0.2, -0.15) is 0 Å². The number of nitrogens with one attached hydrogen (secondary N) is 1. The van der Waals surface area contributed by atoms with Gasteiger partial charge in [0.1, 0.15) is 0 Å². The zero-order valence-electron chi connectivity index (χ0n) is 7.50. The Morgan fingerprint density at radius 3 is 2.62 bits per heavy atom. The molecule has 0 bridgehead atoms. The number of carboxylic acid groups (broad SMARTS) is 1. The molecular weight excluding hydrogens is 174 g/mol. The highest BCUT2D eigenvalue weighted by Crippen LogP contribution is 1.87.